The lowest BCUT2D eigenvalue weighted by Gasteiger charge is -1.96. The first-order chi connectivity index (χ1) is 5.42. The lowest BCUT2D eigenvalue weighted by molar-refractivity contribution is 0.393. The maximum atomic E-state index is 5.03. The summed E-state index contributed by atoms with van der Waals surface area (Å²) in [6, 6.07) is 3.59. The Balaban J connectivity index is 2.79. The van der Waals surface area contributed by atoms with Crippen LogP contribution in [0.15, 0.2) is 22.7 Å². The van der Waals surface area contributed by atoms with Gasteiger partial charge < -0.3 is 9.15 Å². The van der Waals surface area contributed by atoms with Crippen molar-refractivity contribution in [1.29, 1.82) is 0 Å². The molecule has 2 rings (SSSR count). The van der Waals surface area contributed by atoms with E-state index in [1.165, 1.54) is 0 Å². The van der Waals surface area contributed by atoms with Gasteiger partial charge in [0, 0.05) is 11.6 Å². The number of ether oxygens (including phenoxy) is 1. The van der Waals surface area contributed by atoms with Crippen LogP contribution in [-0.2, 0) is 0 Å². The van der Waals surface area contributed by atoms with E-state index in [1.807, 2.05) is 6.07 Å². The summed E-state index contributed by atoms with van der Waals surface area (Å²) < 4.78 is 9.99. The fraction of sp³-hybridized carbons (Fsp3) is 0.125. The Morgan fingerprint density at radius 2 is 2.55 bits per heavy atom. The minimum Gasteiger partial charge on any atom is -0.478 e. The van der Waals surface area contributed by atoms with E-state index in [0.29, 0.717) is 11.5 Å². The molecule has 55 valence electrons. The Kier molecular flexibility index (Phi) is 1.28. The number of fused-ring (bicyclic) bond motifs is 1. The Hall–Kier alpha value is -1.51. The van der Waals surface area contributed by atoms with Gasteiger partial charge in [0.2, 0.25) is 0 Å². The zero-order chi connectivity index (χ0) is 7.68. The van der Waals surface area contributed by atoms with Gasteiger partial charge in [-0.05, 0) is 12.1 Å². The fourth-order valence-corrected chi connectivity index (χ4v) is 0.957. The van der Waals surface area contributed by atoms with Crippen LogP contribution in [0.3, 0.4) is 0 Å². The summed E-state index contributed by atoms with van der Waals surface area (Å²) in [5, 5.41) is 0.955. The molecule has 0 N–H and O–H groups in total. The highest BCUT2D eigenvalue weighted by molar-refractivity contribution is 5.80. The summed E-state index contributed by atoms with van der Waals surface area (Å²) in [4.78, 5) is 3.96. The summed E-state index contributed by atoms with van der Waals surface area (Å²) in [5.74, 6) is 0.503. The van der Waals surface area contributed by atoms with E-state index < -0.39 is 0 Å². The number of furan rings is 1. The first kappa shape index (κ1) is 6.22. The number of pyridine rings is 1. The van der Waals surface area contributed by atoms with Gasteiger partial charge in [-0.1, -0.05) is 0 Å². The lowest BCUT2D eigenvalue weighted by Crippen LogP contribution is -1.85. The highest BCUT2D eigenvalue weighted by atomic mass is 16.5. The quantitative estimate of drug-likeness (QED) is 0.616. The molecule has 0 bridgehead atoms. The number of nitrogens with zero attached hydrogens (tertiary/aromatic N) is 1. The van der Waals surface area contributed by atoms with Crippen molar-refractivity contribution in [3.63, 3.8) is 0 Å². The molecule has 2 heterocycles. The standard InChI is InChI=1S/C8H6NO2/c1-10-8-7-6(2-4-9-8)3-5-11-7/h2-4H,1H3. The van der Waals surface area contributed by atoms with Crippen molar-refractivity contribution in [3.05, 3.63) is 24.6 Å². The molecular weight excluding hydrogens is 142 g/mol. The van der Waals surface area contributed by atoms with Crippen LogP contribution in [-0.4, -0.2) is 12.1 Å². The zero-order valence-electron chi connectivity index (χ0n) is 6.00. The van der Waals surface area contributed by atoms with E-state index in [0.717, 1.165) is 5.39 Å². The highest BCUT2D eigenvalue weighted by Gasteiger charge is 2.03. The summed E-state index contributed by atoms with van der Waals surface area (Å²) in [7, 11) is 1.56. The number of hydrogen-bond donors (Lipinski definition) is 0. The molecule has 0 aliphatic heterocycles. The van der Waals surface area contributed by atoms with E-state index in [-0.39, 0.29) is 0 Å². The van der Waals surface area contributed by atoms with Crippen LogP contribution in [0.5, 0.6) is 5.88 Å². The number of hydrogen-bond acceptors (Lipinski definition) is 3. The molecule has 0 spiro atoms. The highest BCUT2D eigenvalue weighted by Crippen LogP contribution is 2.22. The van der Waals surface area contributed by atoms with Crippen LogP contribution in [0.2, 0.25) is 0 Å². The predicted octanol–water partition coefficient (Wildman–Crippen LogP) is 1.64. The smallest absolute Gasteiger partial charge is 0.258 e. The molecule has 3 heteroatoms. The molecular formula is C8H6NO2. The van der Waals surface area contributed by atoms with Crippen molar-refractivity contribution in [2.45, 2.75) is 0 Å². The zero-order valence-corrected chi connectivity index (χ0v) is 6.00. The molecule has 1 radical (unpaired) electrons. The molecule has 2 aromatic heterocycles. The molecule has 0 amide bonds. The molecule has 0 aromatic carbocycles. The largest absolute Gasteiger partial charge is 0.478 e. The van der Waals surface area contributed by atoms with Crippen LogP contribution in [0.4, 0.5) is 0 Å². The summed E-state index contributed by atoms with van der Waals surface area (Å²) >= 11 is 0. The maximum absolute atomic E-state index is 5.03. The van der Waals surface area contributed by atoms with Crippen molar-refractivity contribution in [1.82, 2.24) is 4.98 Å². The van der Waals surface area contributed by atoms with Gasteiger partial charge >= 0.3 is 0 Å². The van der Waals surface area contributed by atoms with Crippen LogP contribution in [0.25, 0.3) is 11.0 Å². The second-order valence-corrected chi connectivity index (χ2v) is 2.10. The SMILES string of the molecule is COc1nccc2c[c]oc12. The molecule has 0 aliphatic carbocycles. The van der Waals surface area contributed by atoms with Crippen LogP contribution in [0.1, 0.15) is 0 Å². The van der Waals surface area contributed by atoms with E-state index in [4.69, 9.17) is 9.15 Å². The fourth-order valence-electron chi connectivity index (χ4n) is 0.957. The molecule has 0 saturated carbocycles. The van der Waals surface area contributed by atoms with E-state index >= 15 is 0 Å². The lowest BCUT2D eigenvalue weighted by atomic mass is 10.3. The average Bonchev–Trinajstić information content (AvgIpc) is 2.50. The van der Waals surface area contributed by atoms with Gasteiger partial charge in [-0.3, -0.25) is 0 Å². The van der Waals surface area contributed by atoms with E-state index in [2.05, 4.69) is 11.2 Å². The molecule has 2 aromatic rings. The summed E-state index contributed by atoms with van der Waals surface area (Å²) in [5.41, 5.74) is 0.648. The third kappa shape index (κ3) is 0.852. The van der Waals surface area contributed by atoms with Crippen molar-refractivity contribution < 1.29 is 9.15 Å². The third-order valence-electron chi connectivity index (χ3n) is 1.47. The minimum absolute atomic E-state index is 0.503. The predicted molar refractivity (Wildman–Crippen MR) is 39.4 cm³/mol. The van der Waals surface area contributed by atoms with Crippen molar-refractivity contribution >= 4 is 11.0 Å². The first-order valence-corrected chi connectivity index (χ1v) is 3.20. The molecule has 0 aliphatic rings. The Morgan fingerprint density at radius 3 is 3.36 bits per heavy atom. The van der Waals surface area contributed by atoms with Gasteiger partial charge in [0.15, 0.2) is 11.8 Å². The Morgan fingerprint density at radius 1 is 1.64 bits per heavy atom. The average molecular weight is 148 g/mol. The monoisotopic (exact) mass is 148 g/mol. The van der Waals surface area contributed by atoms with Gasteiger partial charge in [0.25, 0.3) is 5.88 Å². The van der Waals surface area contributed by atoms with Gasteiger partial charge in [0.1, 0.15) is 0 Å². The maximum Gasteiger partial charge on any atom is 0.258 e. The van der Waals surface area contributed by atoms with Crippen LogP contribution >= 0.6 is 0 Å². The van der Waals surface area contributed by atoms with E-state index in [1.54, 1.807) is 19.4 Å². The molecule has 0 unspecified atom stereocenters. The molecule has 0 fully saturated rings. The molecule has 0 atom stereocenters. The van der Waals surface area contributed by atoms with Crippen molar-refractivity contribution in [2.75, 3.05) is 7.11 Å². The molecule has 11 heavy (non-hydrogen) atoms. The topological polar surface area (TPSA) is 35.3 Å². The van der Waals surface area contributed by atoms with Gasteiger partial charge in [-0.15, -0.1) is 0 Å². The van der Waals surface area contributed by atoms with Gasteiger partial charge in [0.05, 0.1) is 7.11 Å². The van der Waals surface area contributed by atoms with Gasteiger partial charge in [-0.25, -0.2) is 4.98 Å². The molecule has 3 nitrogen and oxygen atoms in total. The second-order valence-electron chi connectivity index (χ2n) is 2.10. The third-order valence-corrected chi connectivity index (χ3v) is 1.47. The summed E-state index contributed by atoms with van der Waals surface area (Å²) in [6.45, 7) is 0. The number of methoxy groups -OCH3 is 1. The van der Waals surface area contributed by atoms with Gasteiger partial charge in [-0.2, -0.15) is 0 Å². The van der Waals surface area contributed by atoms with Crippen LogP contribution in [0, 0.1) is 6.26 Å². The number of aromatic nitrogens is 1. The van der Waals surface area contributed by atoms with E-state index in [9.17, 15) is 0 Å². The van der Waals surface area contributed by atoms with Crippen molar-refractivity contribution in [3.8, 4) is 5.88 Å². The minimum atomic E-state index is 0.503. The second kappa shape index (κ2) is 2.27. The molecule has 0 saturated heterocycles. The van der Waals surface area contributed by atoms with Crippen molar-refractivity contribution in [2.24, 2.45) is 0 Å². The Bertz CT molecular complexity index is 367. The first-order valence-electron chi connectivity index (χ1n) is 3.20. The number of rotatable bonds is 1. The normalized spacial score (nSPS) is 10.3. The Labute approximate surface area is 63.6 Å². The van der Waals surface area contributed by atoms with Crippen LogP contribution < -0.4 is 4.74 Å². The summed E-state index contributed by atoms with van der Waals surface area (Å²) in [6.07, 6.45) is 4.29.